The normalized spacial score (nSPS) is 10.9. The van der Waals surface area contributed by atoms with Crippen molar-refractivity contribution >= 4 is 28.6 Å². The van der Waals surface area contributed by atoms with E-state index in [0.717, 1.165) is 35.4 Å². The van der Waals surface area contributed by atoms with E-state index >= 15 is 0 Å². The summed E-state index contributed by atoms with van der Waals surface area (Å²) in [6.45, 7) is 0. The molecule has 0 aromatic carbocycles. The number of anilines is 1. The van der Waals surface area contributed by atoms with Crippen LogP contribution in [-0.2, 0) is 12.8 Å². The second-order valence-corrected chi connectivity index (χ2v) is 6.26. The molecule has 2 N–H and O–H groups in total. The molecule has 0 aliphatic carbocycles. The van der Waals surface area contributed by atoms with Gasteiger partial charge in [0.1, 0.15) is 0 Å². The van der Waals surface area contributed by atoms with Crippen LogP contribution in [0.25, 0.3) is 10.4 Å². The highest BCUT2D eigenvalue weighted by molar-refractivity contribution is 7.13. The lowest BCUT2D eigenvalue weighted by atomic mass is 10.1. The van der Waals surface area contributed by atoms with Gasteiger partial charge in [-0.05, 0) is 42.2 Å². The zero-order valence-corrected chi connectivity index (χ0v) is 12.0. The fraction of sp³-hybridized carbons (Fsp3) is 0.214. The fourth-order valence-corrected chi connectivity index (χ4v) is 3.63. The summed E-state index contributed by atoms with van der Waals surface area (Å²) in [7, 11) is 0. The van der Waals surface area contributed by atoms with Crippen molar-refractivity contribution in [2.45, 2.75) is 19.3 Å². The molecule has 0 atom stereocenters. The van der Waals surface area contributed by atoms with Gasteiger partial charge in [0.2, 0.25) is 5.88 Å². The molecule has 3 heterocycles. The first-order chi connectivity index (χ1) is 9.34. The predicted molar refractivity (Wildman–Crippen MR) is 80.6 cm³/mol. The van der Waals surface area contributed by atoms with Crippen molar-refractivity contribution < 1.29 is 4.52 Å². The van der Waals surface area contributed by atoms with Crippen LogP contribution in [0.4, 0.5) is 5.88 Å². The van der Waals surface area contributed by atoms with Gasteiger partial charge in [-0.2, -0.15) is 0 Å². The van der Waals surface area contributed by atoms with Gasteiger partial charge in [-0.25, -0.2) is 0 Å². The van der Waals surface area contributed by atoms with Gasteiger partial charge in [0.05, 0.1) is 11.3 Å². The Bertz CT molecular complexity index is 627. The largest absolute Gasteiger partial charge is 0.367 e. The van der Waals surface area contributed by atoms with Crippen LogP contribution in [0.5, 0.6) is 0 Å². The number of nitrogen functional groups attached to an aromatic ring is 1. The molecule has 0 bridgehead atoms. The first-order valence-electron chi connectivity index (χ1n) is 6.15. The molecule has 0 amide bonds. The summed E-state index contributed by atoms with van der Waals surface area (Å²) >= 11 is 3.46. The van der Waals surface area contributed by atoms with Gasteiger partial charge >= 0.3 is 0 Å². The molecule has 0 aliphatic rings. The molecular formula is C14H14N2OS2. The second kappa shape index (κ2) is 5.59. The molecule has 98 valence electrons. The Labute approximate surface area is 119 Å². The molecule has 0 aliphatic heterocycles. The molecule has 3 aromatic heterocycles. The fourth-order valence-electron chi connectivity index (χ4n) is 2.08. The van der Waals surface area contributed by atoms with E-state index < -0.39 is 0 Å². The Hall–Kier alpha value is -1.59. The van der Waals surface area contributed by atoms with Crippen LogP contribution in [0.15, 0.2) is 39.5 Å². The summed E-state index contributed by atoms with van der Waals surface area (Å²) in [6, 6.07) is 8.32. The summed E-state index contributed by atoms with van der Waals surface area (Å²) in [5, 5.41) is 8.25. The Morgan fingerprint density at radius 3 is 2.68 bits per heavy atom. The number of rotatable bonds is 5. The molecule has 0 radical (unpaired) electrons. The maximum absolute atomic E-state index is 5.88. The average molecular weight is 290 g/mol. The van der Waals surface area contributed by atoms with E-state index in [1.807, 2.05) is 11.4 Å². The van der Waals surface area contributed by atoms with Crippen LogP contribution in [0, 0.1) is 0 Å². The minimum absolute atomic E-state index is 0.425. The standard InChI is InChI=1S/C14H14N2OS2/c15-14-13(12-7-3-9-19-12)11(16-17-14)6-1-4-10-5-2-8-18-10/h2-3,5,7-9H,1,4,6,15H2. The number of aryl methyl sites for hydroxylation is 2. The molecule has 0 fully saturated rings. The minimum Gasteiger partial charge on any atom is -0.367 e. The van der Waals surface area contributed by atoms with Crippen molar-refractivity contribution in [1.82, 2.24) is 5.16 Å². The number of hydrogen-bond donors (Lipinski definition) is 1. The summed E-state index contributed by atoms with van der Waals surface area (Å²) in [6.07, 6.45) is 3.03. The average Bonchev–Trinajstić information content (AvgIpc) is 3.11. The monoisotopic (exact) mass is 290 g/mol. The SMILES string of the molecule is Nc1onc(CCCc2cccs2)c1-c1cccs1. The van der Waals surface area contributed by atoms with E-state index in [1.54, 1.807) is 22.7 Å². The molecule has 3 rings (SSSR count). The van der Waals surface area contributed by atoms with E-state index in [9.17, 15) is 0 Å². The van der Waals surface area contributed by atoms with Crippen molar-refractivity contribution in [2.75, 3.05) is 5.73 Å². The summed E-state index contributed by atoms with van der Waals surface area (Å²) in [5.74, 6) is 0.425. The molecule has 0 spiro atoms. The summed E-state index contributed by atoms with van der Waals surface area (Å²) in [5.41, 5.74) is 7.82. The molecule has 0 unspecified atom stereocenters. The molecule has 19 heavy (non-hydrogen) atoms. The van der Waals surface area contributed by atoms with Gasteiger partial charge in [-0.1, -0.05) is 17.3 Å². The lowest BCUT2D eigenvalue weighted by Crippen LogP contribution is -1.92. The first-order valence-corrected chi connectivity index (χ1v) is 7.91. The molecule has 5 heteroatoms. The lowest BCUT2D eigenvalue weighted by molar-refractivity contribution is 0.426. The number of aromatic nitrogens is 1. The number of thiophene rings is 2. The molecule has 3 nitrogen and oxygen atoms in total. The van der Waals surface area contributed by atoms with Crippen molar-refractivity contribution in [3.05, 3.63) is 45.6 Å². The van der Waals surface area contributed by atoms with Crippen molar-refractivity contribution in [3.8, 4) is 10.4 Å². The smallest absolute Gasteiger partial charge is 0.231 e. The summed E-state index contributed by atoms with van der Waals surface area (Å²) < 4.78 is 5.14. The Morgan fingerprint density at radius 1 is 1.11 bits per heavy atom. The highest BCUT2D eigenvalue weighted by Gasteiger charge is 2.16. The maximum atomic E-state index is 5.88. The molecule has 0 saturated carbocycles. The third-order valence-electron chi connectivity index (χ3n) is 2.97. The number of hydrogen-bond acceptors (Lipinski definition) is 5. The molecular weight excluding hydrogens is 276 g/mol. The number of nitrogens with two attached hydrogens (primary N) is 1. The van der Waals surface area contributed by atoms with Gasteiger partial charge in [0.25, 0.3) is 0 Å². The van der Waals surface area contributed by atoms with Gasteiger partial charge in [0, 0.05) is 9.75 Å². The zero-order valence-electron chi connectivity index (χ0n) is 10.3. The van der Waals surface area contributed by atoms with Crippen LogP contribution in [0.2, 0.25) is 0 Å². The quantitative estimate of drug-likeness (QED) is 0.765. The van der Waals surface area contributed by atoms with Crippen LogP contribution in [0.3, 0.4) is 0 Å². The third kappa shape index (κ3) is 2.72. The van der Waals surface area contributed by atoms with E-state index in [1.165, 1.54) is 4.88 Å². The minimum atomic E-state index is 0.425. The van der Waals surface area contributed by atoms with Gasteiger partial charge < -0.3 is 10.3 Å². The predicted octanol–water partition coefficient (Wildman–Crippen LogP) is 4.22. The Kier molecular flexibility index (Phi) is 3.66. The second-order valence-electron chi connectivity index (χ2n) is 4.28. The van der Waals surface area contributed by atoms with Crippen LogP contribution < -0.4 is 5.73 Å². The Morgan fingerprint density at radius 2 is 1.95 bits per heavy atom. The molecule has 3 aromatic rings. The van der Waals surface area contributed by atoms with Gasteiger partial charge in [-0.15, -0.1) is 22.7 Å². The van der Waals surface area contributed by atoms with Crippen molar-refractivity contribution in [1.29, 1.82) is 0 Å². The van der Waals surface area contributed by atoms with E-state index in [4.69, 9.17) is 10.3 Å². The van der Waals surface area contributed by atoms with E-state index in [0.29, 0.717) is 5.88 Å². The highest BCUT2D eigenvalue weighted by Crippen LogP contribution is 2.33. The first kappa shape index (κ1) is 12.4. The van der Waals surface area contributed by atoms with Crippen LogP contribution in [-0.4, -0.2) is 5.16 Å². The zero-order chi connectivity index (χ0) is 13.1. The van der Waals surface area contributed by atoms with Crippen molar-refractivity contribution in [3.63, 3.8) is 0 Å². The van der Waals surface area contributed by atoms with Crippen LogP contribution in [0.1, 0.15) is 17.0 Å². The Balaban J connectivity index is 1.71. The molecule has 0 saturated heterocycles. The topological polar surface area (TPSA) is 52.0 Å². The van der Waals surface area contributed by atoms with Gasteiger partial charge in [0.15, 0.2) is 0 Å². The van der Waals surface area contributed by atoms with Crippen molar-refractivity contribution in [2.24, 2.45) is 0 Å². The maximum Gasteiger partial charge on any atom is 0.231 e. The third-order valence-corrected chi connectivity index (χ3v) is 4.80. The lowest BCUT2D eigenvalue weighted by Gasteiger charge is -1.99. The van der Waals surface area contributed by atoms with Gasteiger partial charge in [-0.3, -0.25) is 0 Å². The van der Waals surface area contributed by atoms with E-state index in [2.05, 4.69) is 28.7 Å². The van der Waals surface area contributed by atoms with Crippen LogP contribution >= 0.6 is 22.7 Å². The number of nitrogens with zero attached hydrogens (tertiary/aromatic N) is 1. The summed E-state index contributed by atoms with van der Waals surface area (Å²) in [4.78, 5) is 2.54. The van der Waals surface area contributed by atoms with E-state index in [-0.39, 0.29) is 0 Å². The highest BCUT2D eigenvalue weighted by atomic mass is 32.1.